The second-order valence-electron chi connectivity index (χ2n) is 5.57. The number of aliphatic hydroxyl groups is 1. The van der Waals surface area contributed by atoms with Crippen LogP contribution in [0.4, 0.5) is 8.78 Å². The Bertz CT molecular complexity index is 454. The summed E-state index contributed by atoms with van der Waals surface area (Å²) < 4.78 is 27.0. The minimum atomic E-state index is -0.934. The zero-order valence-electron chi connectivity index (χ0n) is 12.2. The summed E-state index contributed by atoms with van der Waals surface area (Å²) in [5, 5.41) is 10.8. The molecule has 20 heavy (non-hydrogen) atoms. The maximum Gasteiger partial charge on any atom is 0.131 e. The standard InChI is InChI=1S/C16H23F2NO/c1-3-16(4-2,19-9-5-6-10-19)15(20)13-8-7-12(17)11-14(13)18/h7-8,11,15,20H,3-6,9-10H2,1-2H3. The molecule has 0 aromatic heterocycles. The van der Waals surface area contributed by atoms with E-state index in [1.807, 2.05) is 13.8 Å². The number of hydrogen-bond acceptors (Lipinski definition) is 2. The summed E-state index contributed by atoms with van der Waals surface area (Å²) in [4.78, 5) is 2.26. The van der Waals surface area contributed by atoms with Crippen molar-refractivity contribution >= 4 is 0 Å². The van der Waals surface area contributed by atoms with Crippen molar-refractivity contribution in [2.75, 3.05) is 13.1 Å². The third kappa shape index (κ3) is 2.59. The first kappa shape index (κ1) is 15.4. The Morgan fingerprint density at radius 2 is 1.80 bits per heavy atom. The van der Waals surface area contributed by atoms with Crippen molar-refractivity contribution in [2.24, 2.45) is 0 Å². The first-order chi connectivity index (χ1) is 9.55. The van der Waals surface area contributed by atoms with Gasteiger partial charge in [0.05, 0.1) is 5.54 Å². The summed E-state index contributed by atoms with van der Waals surface area (Å²) in [6.45, 7) is 5.90. The fourth-order valence-corrected chi connectivity index (χ4v) is 3.43. The van der Waals surface area contributed by atoms with Gasteiger partial charge in [-0.25, -0.2) is 8.78 Å². The Labute approximate surface area is 119 Å². The Balaban J connectivity index is 2.37. The molecule has 4 heteroatoms. The molecule has 0 spiro atoms. The Morgan fingerprint density at radius 1 is 1.20 bits per heavy atom. The molecule has 2 nitrogen and oxygen atoms in total. The van der Waals surface area contributed by atoms with Crippen LogP contribution in [-0.2, 0) is 0 Å². The van der Waals surface area contributed by atoms with Crippen LogP contribution < -0.4 is 0 Å². The third-order valence-electron chi connectivity index (χ3n) is 4.73. The van der Waals surface area contributed by atoms with E-state index in [0.717, 1.165) is 44.8 Å². The van der Waals surface area contributed by atoms with Gasteiger partial charge in [-0.05, 0) is 44.8 Å². The van der Waals surface area contributed by atoms with E-state index in [1.165, 1.54) is 12.1 Å². The molecule has 0 radical (unpaired) electrons. The van der Waals surface area contributed by atoms with Gasteiger partial charge in [0.2, 0.25) is 0 Å². The van der Waals surface area contributed by atoms with Gasteiger partial charge < -0.3 is 5.11 Å². The normalized spacial score (nSPS) is 18.4. The number of halogens is 2. The molecule has 1 aromatic rings. The van der Waals surface area contributed by atoms with Crippen LogP contribution >= 0.6 is 0 Å². The van der Waals surface area contributed by atoms with Gasteiger partial charge in [-0.15, -0.1) is 0 Å². The monoisotopic (exact) mass is 283 g/mol. The summed E-state index contributed by atoms with van der Waals surface area (Å²) in [7, 11) is 0. The smallest absolute Gasteiger partial charge is 0.131 e. The molecule has 1 unspecified atom stereocenters. The second kappa shape index (κ2) is 6.19. The van der Waals surface area contributed by atoms with Gasteiger partial charge in [0.1, 0.15) is 17.7 Å². The van der Waals surface area contributed by atoms with Crippen LogP contribution in [0.1, 0.15) is 51.2 Å². The fraction of sp³-hybridized carbons (Fsp3) is 0.625. The first-order valence-corrected chi connectivity index (χ1v) is 7.43. The number of benzene rings is 1. The summed E-state index contributed by atoms with van der Waals surface area (Å²) in [6.07, 6.45) is 2.76. The van der Waals surface area contributed by atoms with Crippen molar-refractivity contribution in [3.63, 3.8) is 0 Å². The number of hydrogen-bond donors (Lipinski definition) is 1. The van der Waals surface area contributed by atoms with Crippen LogP contribution in [0.5, 0.6) is 0 Å². The van der Waals surface area contributed by atoms with E-state index in [9.17, 15) is 13.9 Å². The van der Waals surface area contributed by atoms with E-state index in [2.05, 4.69) is 4.90 Å². The molecule has 2 rings (SSSR count). The summed E-state index contributed by atoms with van der Waals surface area (Å²) in [6, 6.07) is 3.42. The average molecular weight is 283 g/mol. The lowest BCUT2D eigenvalue weighted by Crippen LogP contribution is -2.51. The molecule has 112 valence electrons. The van der Waals surface area contributed by atoms with Crippen molar-refractivity contribution < 1.29 is 13.9 Å². The van der Waals surface area contributed by atoms with E-state index >= 15 is 0 Å². The summed E-state index contributed by atoms with van der Waals surface area (Å²) in [5.41, 5.74) is -0.267. The molecule has 1 aliphatic heterocycles. The Kier molecular flexibility index (Phi) is 4.76. The molecule has 0 bridgehead atoms. The van der Waals surface area contributed by atoms with Gasteiger partial charge in [0.15, 0.2) is 0 Å². The molecule has 1 heterocycles. The van der Waals surface area contributed by atoms with Gasteiger partial charge in [-0.2, -0.15) is 0 Å². The van der Waals surface area contributed by atoms with Gasteiger partial charge in [-0.1, -0.05) is 19.9 Å². The molecule has 0 aliphatic carbocycles. The van der Waals surface area contributed by atoms with Crippen molar-refractivity contribution in [3.8, 4) is 0 Å². The predicted molar refractivity (Wildman–Crippen MR) is 75.4 cm³/mol. The van der Waals surface area contributed by atoms with Gasteiger partial charge in [-0.3, -0.25) is 4.90 Å². The van der Waals surface area contributed by atoms with Crippen LogP contribution in [0.15, 0.2) is 18.2 Å². The van der Waals surface area contributed by atoms with E-state index in [-0.39, 0.29) is 5.56 Å². The molecule has 1 saturated heterocycles. The number of likely N-dealkylation sites (tertiary alicyclic amines) is 1. The third-order valence-corrected chi connectivity index (χ3v) is 4.73. The maximum absolute atomic E-state index is 14.0. The highest BCUT2D eigenvalue weighted by molar-refractivity contribution is 5.24. The number of rotatable bonds is 5. The lowest BCUT2D eigenvalue weighted by Gasteiger charge is -2.44. The Hall–Kier alpha value is -1.00. The quantitative estimate of drug-likeness (QED) is 0.891. The average Bonchev–Trinajstić information content (AvgIpc) is 2.95. The second-order valence-corrected chi connectivity index (χ2v) is 5.57. The molecule has 1 aromatic carbocycles. The molecular formula is C16H23F2NO. The van der Waals surface area contributed by atoms with E-state index in [1.54, 1.807) is 0 Å². The van der Waals surface area contributed by atoms with Gasteiger partial charge >= 0.3 is 0 Å². The highest BCUT2D eigenvalue weighted by Crippen LogP contribution is 2.40. The summed E-state index contributed by atoms with van der Waals surface area (Å²) >= 11 is 0. The number of nitrogens with zero attached hydrogens (tertiary/aromatic N) is 1. The minimum Gasteiger partial charge on any atom is -0.386 e. The lowest BCUT2D eigenvalue weighted by atomic mass is 9.81. The summed E-state index contributed by atoms with van der Waals surface area (Å²) in [5.74, 6) is -1.28. The SMILES string of the molecule is CCC(CC)(C(O)c1ccc(F)cc1F)N1CCCC1. The van der Waals surface area contributed by atoms with Crippen molar-refractivity contribution in [3.05, 3.63) is 35.4 Å². The van der Waals surface area contributed by atoms with Crippen molar-refractivity contribution in [1.29, 1.82) is 0 Å². The molecule has 1 N–H and O–H groups in total. The lowest BCUT2D eigenvalue weighted by molar-refractivity contribution is -0.0312. The number of aliphatic hydroxyl groups excluding tert-OH is 1. The van der Waals surface area contributed by atoms with Crippen LogP contribution in [0.25, 0.3) is 0 Å². The molecule has 1 fully saturated rings. The molecular weight excluding hydrogens is 260 g/mol. The predicted octanol–water partition coefficient (Wildman–Crippen LogP) is 3.65. The zero-order valence-corrected chi connectivity index (χ0v) is 12.2. The van der Waals surface area contributed by atoms with Crippen LogP contribution in [-0.4, -0.2) is 28.6 Å². The van der Waals surface area contributed by atoms with Gasteiger partial charge in [0.25, 0.3) is 0 Å². The Morgan fingerprint density at radius 3 is 2.30 bits per heavy atom. The van der Waals surface area contributed by atoms with E-state index < -0.39 is 23.3 Å². The molecule has 0 amide bonds. The largest absolute Gasteiger partial charge is 0.386 e. The zero-order chi connectivity index (χ0) is 14.8. The van der Waals surface area contributed by atoms with Crippen LogP contribution in [0.3, 0.4) is 0 Å². The molecule has 1 atom stereocenters. The molecule has 1 aliphatic rings. The fourth-order valence-electron chi connectivity index (χ4n) is 3.43. The van der Waals surface area contributed by atoms with Crippen molar-refractivity contribution in [1.82, 2.24) is 4.90 Å². The maximum atomic E-state index is 14.0. The first-order valence-electron chi connectivity index (χ1n) is 7.43. The van der Waals surface area contributed by atoms with Gasteiger partial charge in [0, 0.05) is 11.6 Å². The van der Waals surface area contributed by atoms with E-state index in [4.69, 9.17) is 0 Å². The minimum absolute atomic E-state index is 0.196. The van der Waals surface area contributed by atoms with Crippen LogP contribution in [0.2, 0.25) is 0 Å². The highest BCUT2D eigenvalue weighted by atomic mass is 19.1. The van der Waals surface area contributed by atoms with Crippen molar-refractivity contribution in [2.45, 2.75) is 51.2 Å². The highest BCUT2D eigenvalue weighted by Gasteiger charge is 2.42. The molecule has 0 saturated carbocycles. The topological polar surface area (TPSA) is 23.5 Å². The van der Waals surface area contributed by atoms with E-state index in [0.29, 0.717) is 0 Å². The van der Waals surface area contributed by atoms with Crippen LogP contribution in [0, 0.1) is 11.6 Å².